The van der Waals surface area contributed by atoms with Gasteiger partial charge >= 0.3 is 6.09 Å². The van der Waals surface area contributed by atoms with Crippen LogP contribution in [0.4, 0.5) is 10.5 Å². The third kappa shape index (κ3) is 7.74. The molecule has 4 rings (SSSR count). The van der Waals surface area contributed by atoms with Crippen LogP contribution in [0.1, 0.15) is 52.0 Å². The molecule has 1 aliphatic heterocycles. The standard InChI is InChI=1S/C31H36BrNO5/c1-31(2,3)38-30(34)33(18-10-12-20-36-28-17-9-11-19-35-28)26-21-27(37-22-23-13-5-4-6-14-23)24-15-7-8-16-25(24)29(26)32/h4-8,12-16,20-21,28H,9-11,17-19,22H2,1-3H3/b20-12+. The lowest BCUT2D eigenvalue weighted by Gasteiger charge is -2.29. The third-order valence-corrected chi connectivity index (χ3v) is 6.88. The van der Waals surface area contributed by atoms with Crippen LogP contribution in [0.3, 0.4) is 0 Å². The van der Waals surface area contributed by atoms with Crippen LogP contribution in [-0.4, -0.2) is 31.1 Å². The number of amides is 1. The van der Waals surface area contributed by atoms with Gasteiger partial charge in [-0.1, -0.05) is 54.6 Å². The lowest BCUT2D eigenvalue weighted by Crippen LogP contribution is -2.37. The number of fused-ring (bicyclic) bond motifs is 1. The number of carbonyl (C=O) groups is 1. The molecule has 3 aromatic rings. The quantitative estimate of drug-likeness (QED) is 0.237. The average molecular weight is 583 g/mol. The van der Waals surface area contributed by atoms with Crippen LogP contribution in [0.25, 0.3) is 10.8 Å². The van der Waals surface area contributed by atoms with Gasteiger partial charge in [0.15, 0.2) is 6.29 Å². The minimum Gasteiger partial charge on any atom is -0.488 e. The molecule has 1 amide bonds. The van der Waals surface area contributed by atoms with Gasteiger partial charge in [-0.25, -0.2) is 4.79 Å². The Balaban J connectivity index is 1.60. The number of anilines is 1. The van der Waals surface area contributed by atoms with Crippen LogP contribution < -0.4 is 9.64 Å². The van der Waals surface area contributed by atoms with Gasteiger partial charge in [-0.05, 0) is 67.6 Å². The molecule has 7 heteroatoms. The molecule has 0 bridgehead atoms. The van der Waals surface area contributed by atoms with Gasteiger partial charge in [-0.15, -0.1) is 0 Å². The summed E-state index contributed by atoms with van der Waals surface area (Å²) in [6, 6.07) is 19.9. The molecule has 0 radical (unpaired) electrons. The minimum atomic E-state index is -0.636. The number of benzene rings is 3. The molecule has 1 unspecified atom stereocenters. The zero-order chi connectivity index (χ0) is 27.0. The zero-order valence-electron chi connectivity index (χ0n) is 22.3. The molecule has 6 nitrogen and oxygen atoms in total. The van der Waals surface area contributed by atoms with Crippen molar-refractivity contribution in [1.29, 1.82) is 0 Å². The van der Waals surface area contributed by atoms with Crippen LogP contribution in [0.2, 0.25) is 0 Å². The van der Waals surface area contributed by atoms with Crippen molar-refractivity contribution in [3.05, 3.63) is 83.0 Å². The molecule has 202 valence electrons. The van der Waals surface area contributed by atoms with Crippen molar-refractivity contribution in [2.75, 3.05) is 18.1 Å². The number of ether oxygens (including phenoxy) is 4. The van der Waals surface area contributed by atoms with E-state index >= 15 is 0 Å². The van der Waals surface area contributed by atoms with Crippen molar-refractivity contribution in [2.45, 2.75) is 65.0 Å². The highest BCUT2D eigenvalue weighted by molar-refractivity contribution is 9.10. The van der Waals surface area contributed by atoms with Gasteiger partial charge in [0.1, 0.15) is 18.0 Å². The molecule has 1 atom stereocenters. The largest absolute Gasteiger partial charge is 0.488 e. The van der Waals surface area contributed by atoms with E-state index in [-0.39, 0.29) is 6.29 Å². The van der Waals surface area contributed by atoms with Crippen molar-refractivity contribution in [1.82, 2.24) is 0 Å². The Kier molecular flexibility index (Phi) is 9.69. The van der Waals surface area contributed by atoms with E-state index in [2.05, 4.69) is 15.9 Å². The lowest BCUT2D eigenvalue weighted by atomic mass is 10.1. The summed E-state index contributed by atoms with van der Waals surface area (Å²) in [5.74, 6) is 0.699. The van der Waals surface area contributed by atoms with Crippen molar-refractivity contribution in [3.63, 3.8) is 0 Å². The summed E-state index contributed by atoms with van der Waals surface area (Å²) >= 11 is 3.77. The molecule has 38 heavy (non-hydrogen) atoms. The highest BCUT2D eigenvalue weighted by atomic mass is 79.9. The summed E-state index contributed by atoms with van der Waals surface area (Å²) in [6.07, 6.45) is 6.62. The molecular formula is C31H36BrNO5. The van der Waals surface area contributed by atoms with E-state index in [0.29, 0.717) is 31.0 Å². The molecule has 0 spiro atoms. The second kappa shape index (κ2) is 13.2. The molecule has 1 saturated heterocycles. The molecule has 3 aromatic carbocycles. The number of halogens is 1. The van der Waals surface area contributed by atoms with Crippen LogP contribution in [0.5, 0.6) is 5.75 Å². The normalized spacial score (nSPS) is 15.9. The van der Waals surface area contributed by atoms with Gasteiger partial charge in [-0.2, -0.15) is 0 Å². The van der Waals surface area contributed by atoms with Gasteiger partial charge in [0.25, 0.3) is 0 Å². The van der Waals surface area contributed by atoms with Crippen molar-refractivity contribution >= 4 is 38.5 Å². The maximum Gasteiger partial charge on any atom is 0.414 e. The predicted molar refractivity (Wildman–Crippen MR) is 154 cm³/mol. The second-order valence-corrected chi connectivity index (χ2v) is 11.0. The predicted octanol–water partition coefficient (Wildman–Crippen LogP) is 8.37. The maximum absolute atomic E-state index is 13.4. The summed E-state index contributed by atoms with van der Waals surface area (Å²) in [7, 11) is 0. The van der Waals surface area contributed by atoms with E-state index in [1.807, 2.05) is 87.5 Å². The van der Waals surface area contributed by atoms with E-state index in [0.717, 1.165) is 46.7 Å². The van der Waals surface area contributed by atoms with Gasteiger partial charge in [0.05, 0.1) is 18.6 Å². The molecule has 0 aromatic heterocycles. The van der Waals surface area contributed by atoms with Crippen LogP contribution in [-0.2, 0) is 20.8 Å². The Bertz CT molecular complexity index is 1230. The van der Waals surface area contributed by atoms with Crippen LogP contribution in [0.15, 0.2) is 77.5 Å². The van der Waals surface area contributed by atoms with Crippen molar-refractivity contribution in [3.8, 4) is 5.75 Å². The summed E-state index contributed by atoms with van der Waals surface area (Å²) < 4.78 is 24.2. The first-order valence-corrected chi connectivity index (χ1v) is 13.9. The topological polar surface area (TPSA) is 57.2 Å². The zero-order valence-corrected chi connectivity index (χ0v) is 23.9. The van der Waals surface area contributed by atoms with E-state index in [1.54, 1.807) is 11.2 Å². The number of hydrogen-bond donors (Lipinski definition) is 0. The Hall–Kier alpha value is -3.03. The first kappa shape index (κ1) is 28.0. The highest BCUT2D eigenvalue weighted by Gasteiger charge is 2.26. The lowest BCUT2D eigenvalue weighted by molar-refractivity contribution is -0.129. The fourth-order valence-electron chi connectivity index (χ4n) is 4.20. The number of carbonyl (C=O) groups excluding carboxylic acids is 1. The maximum atomic E-state index is 13.4. The third-order valence-electron chi connectivity index (χ3n) is 6.05. The van der Waals surface area contributed by atoms with Crippen LogP contribution >= 0.6 is 15.9 Å². The number of rotatable bonds is 9. The molecule has 0 saturated carbocycles. The van der Waals surface area contributed by atoms with Crippen molar-refractivity contribution < 1.29 is 23.7 Å². The number of nitrogens with zero attached hydrogens (tertiary/aromatic N) is 1. The average Bonchev–Trinajstić information content (AvgIpc) is 2.91. The monoisotopic (exact) mass is 581 g/mol. The molecule has 0 N–H and O–H groups in total. The van der Waals surface area contributed by atoms with Gasteiger partial charge in [-0.3, -0.25) is 4.90 Å². The summed E-state index contributed by atoms with van der Waals surface area (Å²) in [5.41, 5.74) is 1.12. The van der Waals surface area contributed by atoms with Crippen LogP contribution in [0, 0.1) is 0 Å². The fraction of sp³-hybridized carbons (Fsp3) is 0.387. The Morgan fingerprint density at radius 2 is 1.82 bits per heavy atom. The second-order valence-electron chi connectivity index (χ2n) is 10.3. The Morgan fingerprint density at radius 1 is 1.08 bits per heavy atom. The molecule has 1 heterocycles. The fourth-order valence-corrected chi connectivity index (χ4v) is 4.88. The van der Waals surface area contributed by atoms with Gasteiger partial charge in [0, 0.05) is 34.3 Å². The van der Waals surface area contributed by atoms with Crippen molar-refractivity contribution in [2.24, 2.45) is 0 Å². The van der Waals surface area contributed by atoms with Gasteiger partial charge < -0.3 is 18.9 Å². The molecular weight excluding hydrogens is 546 g/mol. The van der Waals surface area contributed by atoms with Gasteiger partial charge in [0.2, 0.25) is 0 Å². The summed E-state index contributed by atoms with van der Waals surface area (Å²) in [5, 5.41) is 1.92. The Morgan fingerprint density at radius 3 is 2.53 bits per heavy atom. The molecule has 1 aliphatic rings. The first-order valence-electron chi connectivity index (χ1n) is 13.1. The SMILES string of the molecule is CC(C)(C)OC(=O)N(CC/C=C/OC1CCCCO1)c1cc(OCc2ccccc2)c2ccccc2c1Br. The van der Waals surface area contributed by atoms with E-state index < -0.39 is 11.7 Å². The Labute approximate surface area is 233 Å². The van der Waals surface area contributed by atoms with E-state index in [1.165, 1.54) is 0 Å². The molecule has 1 fully saturated rings. The molecule has 0 aliphatic carbocycles. The highest BCUT2D eigenvalue weighted by Crippen LogP contribution is 2.40. The van der Waals surface area contributed by atoms with E-state index in [9.17, 15) is 4.79 Å². The summed E-state index contributed by atoms with van der Waals surface area (Å²) in [6.45, 7) is 7.15. The minimum absolute atomic E-state index is 0.194. The summed E-state index contributed by atoms with van der Waals surface area (Å²) in [4.78, 5) is 15.1. The van der Waals surface area contributed by atoms with E-state index in [4.69, 9.17) is 18.9 Å². The number of hydrogen-bond acceptors (Lipinski definition) is 5. The smallest absolute Gasteiger partial charge is 0.414 e. The first-order chi connectivity index (χ1) is 18.3.